The molecule has 6 nitrogen and oxygen atoms in total. The molecule has 0 aromatic rings. The number of aliphatic hydroxyl groups excluding tert-OH is 2. The van der Waals surface area contributed by atoms with Gasteiger partial charge in [0.1, 0.15) is 6.10 Å². The van der Waals surface area contributed by atoms with E-state index in [0.29, 0.717) is 19.3 Å². The van der Waals surface area contributed by atoms with Gasteiger partial charge in [-0.3, -0.25) is 9.59 Å². The van der Waals surface area contributed by atoms with Gasteiger partial charge in [-0.05, 0) is 44.9 Å². The van der Waals surface area contributed by atoms with Crippen molar-refractivity contribution in [3.05, 3.63) is 12.2 Å². The van der Waals surface area contributed by atoms with E-state index < -0.39 is 18.2 Å². The highest BCUT2D eigenvalue weighted by molar-refractivity contribution is 5.77. The highest BCUT2D eigenvalue weighted by atomic mass is 16.5. The van der Waals surface area contributed by atoms with E-state index in [1.807, 2.05) is 0 Å². The summed E-state index contributed by atoms with van der Waals surface area (Å²) in [4.78, 5) is 25.7. The van der Waals surface area contributed by atoms with Gasteiger partial charge in [0.15, 0.2) is 0 Å². The minimum Gasteiger partial charge on any atom is -0.462 e. The molecule has 0 spiro atoms. The molecule has 0 bridgehead atoms. The molecule has 3 atom stereocenters. The number of unbranched alkanes of at least 4 members (excludes halogenated alkanes) is 22. The summed E-state index contributed by atoms with van der Waals surface area (Å²) < 4.78 is 5.85. The van der Waals surface area contributed by atoms with E-state index in [-0.39, 0.29) is 24.9 Å². The zero-order valence-corrected chi connectivity index (χ0v) is 31.4. The van der Waals surface area contributed by atoms with Crippen molar-refractivity contribution in [1.29, 1.82) is 0 Å². The first-order valence-electron chi connectivity index (χ1n) is 20.4. The van der Waals surface area contributed by atoms with Crippen LogP contribution in [0.1, 0.15) is 213 Å². The number of hydrogen-bond acceptors (Lipinski definition) is 5. The quantitative estimate of drug-likeness (QED) is 0.0352. The summed E-state index contributed by atoms with van der Waals surface area (Å²) in [5.41, 5.74) is 0. The maximum absolute atomic E-state index is 13.0. The summed E-state index contributed by atoms with van der Waals surface area (Å²) >= 11 is 0. The van der Waals surface area contributed by atoms with Gasteiger partial charge in [0.25, 0.3) is 0 Å². The zero-order valence-electron chi connectivity index (χ0n) is 31.4. The summed E-state index contributed by atoms with van der Waals surface area (Å²) in [6, 6.07) is -0.695. The van der Waals surface area contributed by atoms with E-state index in [4.69, 9.17) is 4.74 Å². The Morgan fingerprint density at radius 1 is 0.596 bits per heavy atom. The Labute approximate surface area is 291 Å². The van der Waals surface area contributed by atoms with Crippen molar-refractivity contribution in [3.8, 4) is 0 Å². The minimum atomic E-state index is -0.781. The number of rotatable bonds is 36. The van der Waals surface area contributed by atoms with E-state index in [2.05, 4.69) is 38.2 Å². The first kappa shape index (κ1) is 45.6. The molecule has 0 saturated heterocycles. The fraction of sp³-hybridized carbons (Fsp3) is 0.902. The first-order valence-corrected chi connectivity index (χ1v) is 20.4. The smallest absolute Gasteiger partial charge is 0.306 e. The van der Waals surface area contributed by atoms with Gasteiger partial charge >= 0.3 is 5.97 Å². The van der Waals surface area contributed by atoms with Crippen LogP contribution in [0.3, 0.4) is 0 Å². The summed E-state index contributed by atoms with van der Waals surface area (Å²) in [7, 11) is 0. The number of carbonyl (C=O) groups excluding carboxylic acids is 2. The topological polar surface area (TPSA) is 95.9 Å². The van der Waals surface area contributed by atoms with Gasteiger partial charge in [0, 0.05) is 6.42 Å². The molecule has 47 heavy (non-hydrogen) atoms. The summed E-state index contributed by atoms with van der Waals surface area (Å²) in [6.07, 6.45) is 35.6. The molecule has 0 fully saturated rings. The number of hydrogen-bond donors (Lipinski definition) is 3. The molecule has 1 amide bonds. The van der Waals surface area contributed by atoms with Gasteiger partial charge in [-0.25, -0.2) is 0 Å². The molecule has 0 saturated carbocycles. The maximum atomic E-state index is 13.0. The van der Waals surface area contributed by atoms with E-state index >= 15 is 0 Å². The van der Waals surface area contributed by atoms with Crippen molar-refractivity contribution in [2.75, 3.05) is 6.61 Å². The molecule has 6 heteroatoms. The Kier molecular flexibility index (Phi) is 34.8. The van der Waals surface area contributed by atoms with Gasteiger partial charge < -0.3 is 20.3 Å². The molecular formula is C41H79NO5. The Morgan fingerprint density at radius 3 is 1.57 bits per heavy atom. The average Bonchev–Trinajstić information content (AvgIpc) is 3.06. The SMILES string of the molecule is CCCC/C=C\CCCCCC(CC(=O)NC(CO)C(O)CCCCCCCCCCC)OC(=O)CCCCCCCCCCCC. The molecule has 0 aromatic heterocycles. The highest BCUT2D eigenvalue weighted by Crippen LogP contribution is 2.17. The molecule has 3 N–H and O–H groups in total. The van der Waals surface area contributed by atoms with Gasteiger partial charge in [-0.1, -0.05) is 168 Å². The zero-order chi connectivity index (χ0) is 34.6. The summed E-state index contributed by atoms with van der Waals surface area (Å²) in [6.45, 7) is 6.38. The van der Waals surface area contributed by atoms with Gasteiger partial charge in [0.2, 0.25) is 5.91 Å². The standard InChI is InChI=1S/C41H79NO5/c1-4-7-10-13-16-19-22-25-28-31-34-41(46)47-37(32-29-26-23-20-17-14-11-8-5-2)35-40(45)42-38(36-43)39(44)33-30-27-24-21-18-15-12-9-6-3/h14,17,37-39,43-44H,4-13,15-16,18-36H2,1-3H3,(H,42,45)/b17-14-. The van der Waals surface area contributed by atoms with Crippen molar-refractivity contribution < 1.29 is 24.5 Å². The van der Waals surface area contributed by atoms with E-state index in [1.54, 1.807) is 0 Å². The molecule has 0 rings (SSSR count). The molecule has 0 aliphatic rings. The first-order chi connectivity index (χ1) is 23.0. The van der Waals surface area contributed by atoms with Gasteiger partial charge in [-0.2, -0.15) is 0 Å². The minimum absolute atomic E-state index is 0.0714. The van der Waals surface area contributed by atoms with Crippen LogP contribution in [0.2, 0.25) is 0 Å². The highest BCUT2D eigenvalue weighted by Gasteiger charge is 2.24. The fourth-order valence-electron chi connectivity index (χ4n) is 6.17. The van der Waals surface area contributed by atoms with Crippen LogP contribution in [-0.4, -0.2) is 46.9 Å². The Balaban J connectivity index is 4.59. The third-order valence-corrected chi connectivity index (χ3v) is 9.34. The molecule has 0 aromatic carbocycles. The van der Waals surface area contributed by atoms with Crippen LogP contribution in [-0.2, 0) is 14.3 Å². The Bertz CT molecular complexity index is 712. The van der Waals surface area contributed by atoms with Gasteiger partial charge in [-0.15, -0.1) is 0 Å². The molecule has 0 aliphatic carbocycles. The van der Waals surface area contributed by atoms with Crippen LogP contribution in [0.25, 0.3) is 0 Å². The summed E-state index contributed by atoms with van der Waals surface area (Å²) in [5, 5.41) is 23.4. The average molecular weight is 666 g/mol. The summed E-state index contributed by atoms with van der Waals surface area (Å²) in [5.74, 6) is -0.490. The number of ether oxygens (including phenoxy) is 1. The Morgan fingerprint density at radius 2 is 1.04 bits per heavy atom. The van der Waals surface area contributed by atoms with E-state index in [0.717, 1.165) is 70.6 Å². The monoisotopic (exact) mass is 666 g/mol. The second-order valence-electron chi connectivity index (χ2n) is 14.0. The molecule has 278 valence electrons. The lowest BCUT2D eigenvalue weighted by molar-refractivity contribution is -0.151. The third kappa shape index (κ3) is 31.6. The predicted octanol–water partition coefficient (Wildman–Crippen LogP) is 11.1. The van der Waals surface area contributed by atoms with Crippen LogP contribution >= 0.6 is 0 Å². The molecule has 0 aliphatic heterocycles. The van der Waals surface area contributed by atoms with Crippen molar-refractivity contribution in [3.63, 3.8) is 0 Å². The largest absolute Gasteiger partial charge is 0.462 e. The molecule has 0 heterocycles. The van der Waals surface area contributed by atoms with Crippen molar-refractivity contribution in [2.45, 2.75) is 232 Å². The number of aliphatic hydroxyl groups is 2. The second kappa shape index (κ2) is 35.9. The lowest BCUT2D eigenvalue weighted by Crippen LogP contribution is -2.46. The van der Waals surface area contributed by atoms with Crippen molar-refractivity contribution in [1.82, 2.24) is 5.32 Å². The lowest BCUT2D eigenvalue weighted by Gasteiger charge is -2.24. The second-order valence-corrected chi connectivity index (χ2v) is 14.0. The molecule has 3 unspecified atom stereocenters. The normalized spacial score (nSPS) is 13.6. The number of carbonyl (C=O) groups is 2. The maximum Gasteiger partial charge on any atom is 0.306 e. The molecule has 0 radical (unpaired) electrons. The number of esters is 1. The van der Waals surface area contributed by atoms with Crippen LogP contribution in [0, 0.1) is 0 Å². The predicted molar refractivity (Wildman–Crippen MR) is 200 cm³/mol. The van der Waals surface area contributed by atoms with Crippen LogP contribution < -0.4 is 5.32 Å². The lowest BCUT2D eigenvalue weighted by atomic mass is 10.0. The van der Waals surface area contributed by atoms with E-state index in [9.17, 15) is 19.8 Å². The van der Waals surface area contributed by atoms with Crippen LogP contribution in [0.4, 0.5) is 0 Å². The van der Waals surface area contributed by atoms with Crippen molar-refractivity contribution >= 4 is 11.9 Å². The van der Waals surface area contributed by atoms with Gasteiger partial charge in [0.05, 0.1) is 25.2 Å². The number of nitrogens with one attached hydrogen (secondary N) is 1. The fourth-order valence-corrected chi connectivity index (χ4v) is 6.17. The number of amides is 1. The van der Waals surface area contributed by atoms with Crippen LogP contribution in [0.15, 0.2) is 12.2 Å². The number of allylic oxidation sites excluding steroid dienone is 2. The third-order valence-electron chi connectivity index (χ3n) is 9.34. The van der Waals surface area contributed by atoms with Crippen LogP contribution in [0.5, 0.6) is 0 Å². The Hall–Kier alpha value is -1.40. The molecular weight excluding hydrogens is 586 g/mol. The van der Waals surface area contributed by atoms with E-state index in [1.165, 1.54) is 96.3 Å². The van der Waals surface area contributed by atoms with Crippen molar-refractivity contribution in [2.24, 2.45) is 0 Å².